The summed E-state index contributed by atoms with van der Waals surface area (Å²) in [5.41, 5.74) is 8.34. The highest BCUT2D eigenvalue weighted by Crippen LogP contribution is 2.15. The van der Waals surface area contributed by atoms with Crippen molar-refractivity contribution >= 4 is 45.7 Å². The molecule has 0 aliphatic carbocycles. The van der Waals surface area contributed by atoms with Gasteiger partial charge in [0, 0.05) is 48.2 Å². The van der Waals surface area contributed by atoms with Gasteiger partial charge < -0.3 is 18.1 Å². The Hall–Kier alpha value is -6.78. The number of rotatable bonds is 0. The summed E-state index contributed by atoms with van der Waals surface area (Å²) in [6.07, 6.45) is 0. The van der Waals surface area contributed by atoms with Gasteiger partial charge in [0.15, 0.2) is 23.2 Å². The van der Waals surface area contributed by atoms with Gasteiger partial charge in [-0.15, -0.1) is 43.1 Å². The van der Waals surface area contributed by atoms with Crippen LogP contribution in [-0.2, 0) is 14.1 Å². The second-order valence-corrected chi connectivity index (χ2v) is 20.5. The number of aryl methyl sites for hydroxylation is 22. The first kappa shape index (κ1) is 65.2. The predicted molar refractivity (Wildman–Crippen MR) is 287 cm³/mol. The largest absolute Gasteiger partial charge is 0.342 e. The quantitative estimate of drug-likeness (QED) is 0.136. The van der Waals surface area contributed by atoms with Crippen LogP contribution >= 0.6 is 45.7 Å². The van der Waals surface area contributed by atoms with Crippen LogP contribution in [0.2, 0.25) is 0 Å². The minimum Gasteiger partial charge on any atom is -0.342 e. The Morgan fingerprint density at radius 1 is 0.338 bits per heavy atom. The molecule has 0 radical (unpaired) electrons. The Bertz CT molecular complexity index is 2620. The Labute approximate surface area is 449 Å². The smallest absolute Gasteiger partial charge is 0.223 e. The van der Waals surface area contributed by atoms with E-state index in [9.17, 15) is 0 Å². The van der Waals surface area contributed by atoms with E-state index in [4.69, 9.17) is 0 Å². The van der Waals surface area contributed by atoms with Crippen molar-refractivity contribution in [2.24, 2.45) is 14.1 Å². The summed E-state index contributed by atoms with van der Waals surface area (Å²) in [6.45, 7) is 42.4. The zero-order chi connectivity index (χ0) is 56.2. The van der Waals surface area contributed by atoms with E-state index < -0.39 is 0 Å². The molecule has 28 heteroatoms. The molecule has 0 aliphatic heterocycles. The highest BCUT2D eigenvalue weighted by atomic mass is 32.1. The molecule has 0 aliphatic rings. The molecule has 10 aromatic heterocycles. The van der Waals surface area contributed by atoms with Crippen molar-refractivity contribution < 1.29 is 18.1 Å². The predicted octanol–water partition coefficient (Wildman–Crippen LogP) is 10.1. The second-order valence-electron chi connectivity index (χ2n) is 15.8. The number of hydrogen-bond donors (Lipinski definition) is 0. The van der Waals surface area contributed by atoms with Gasteiger partial charge in [-0.05, 0) is 162 Å². The molecule has 0 spiro atoms. The fourth-order valence-corrected chi connectivity index (χ4v) is 7.04. The van der Waals surface area contributed by atoms with Crippen molar-refractivity contribution in [2.45, 2.75) is 152 Å². The summed E-state index contributed by atoms with van der Waals surface area (Å²) < 4.78 is 29.8. The van der Waals surface area contributed by atoms with Crippen molar-refractivity contribution in [1.29, 1.82) is 0 Å². The molecule has 0 saturated carbocycles. The van der Waals surface area contributed by atoms with Crippen LogP contribution in [0.5, 0.6) is 0 Å². The van der Waals surface area contributed by atoms with Gasteiger partial charge in [-0.1, -0.05) is 20.7 Å². The van der Waals surface area contributed by atoms with Crippen LogP contribution < -0.4 is 0 Å². The molecular weight excluding hydrogens is 1020 g/mol. The first-order valence-corrected chi connectivity index (χ1v) is 25.8. The molecule has 0 unspecified atom stereocenters. The van der Waals surface area contributed by atoms with E-state index in [2.05, 4.69) is 122 Å². The first-order chi connectivity index (χ1) is 34.6. The van der Waals surface area contributed by atoms with E-state index in [1.165, 1.54) is 54.2 Å². The van der Waals surface area contributed by atoms with Crippen LogP contribution in [0.4, 0.5) is 0 Å². The Balaban J connectivity index is 0.000000411. The highest BCUT2D eigenvalue weighted by molar-refractivity contribution is 7.11. The van der Waals surface area contributed by atoms with Gasteiger partial charge >= 0.3 is 0 Å². The van der Waals surface area contributed by atoms with Gasteiger partial charge in [-0.25, -0.2) is 19.9 Å². The van der Waals surface area contributed by atoms with E-state index >= 15 is 0 Å². The first-order valence-electron chi connectivity index (χ1n) is 22.7. The van der Waals surface area contributed by atoms with Crippen LogP contribution in [0.1, 0.15) is 122 Å². The van der Waals surface area contributed by atoms with Gasteiger partial charge in [0.05, 0.1) is 44.2 Å². The molecule has 10 heterocycles. The van der Waals surface area contributed by atoms with Gasteiger partial charge in [0.2, 0.25) is 11.8 Å². The molecule has 10 aromatic rings. The third-order valence-corrected chi connectivity index (χ3v) is 12.6. The normalized spacial score (nSPS) is 9.62. The molecule has 74 heavy (non-hydrogen) atoms. The van der Waals surface area contributed by atoms with Gasteiger partial charge in [-0.3, -0.25) is 9.36 Å². The second kappa shape index (κ2) is 33.9. The lowest BCUT2D eigenvalue weighted by Gasteiger charge is -1.87. The van der Waals surface area contributed by atoms with E-state index in [1.54, 1.807) is 59.7 Å². The number of nitrogens with zero attached hydrogens (tertiary/aromatic N) is 20. The summed E-state index contributed by atoms with van der Waals surface area (Å²) in [4.78, 5) is 26.8. The average Bonchev–Trinajstić information content (AvgIpc) is 4.26. The number of hydrogen-bond acceptors (Lipinski definition) is 26. The van der Waals surface area contributed by atoms with Crippen molar-refractivity contribution in [2.75, 3.05) is 0 Å². The average molecular weight is 1100 g/mol. The molecule has 0 amide bonds. The maximum Gasteiger partial charge on any atom is 0.223 e. The Kier molecular flexibility index (Phi) is 29.8. The van der Waals surface area contributed by atoms with Crippen LogP contribution in [0, 0.1) is 152 Å². The molecule has 0 N–H and O–H groups in total. The van der Waals surface area contributed by atoms with E-state index in [0.29, 0.717) is 23.4 Å². The van der Waals surface area contributed by atoms with E-state index in [1.807, 2.05) is 125 Å². The van der Waals surface area contributed by atoms with Crippen molar-refractivity contribution in [1.82, 2.24) is 99.7 Å². The molecule has 0 fully saturated rings. The van der Waals surface area contributed by atoms with E-state index in [0.717, 1.165) is 67.3 Å². The summed E-state index contributed by atoms with van der Waals surface area (Å²) in [5, 5.41) is 40.5. The molecule has 0 atom stereocenters. The van der Waals surface area contributed by atoms with Crippen molar-refractivity contribution in [3.8, 4) is 0 Å². The monoisotopic (exact) mass is 1100 g/mol. The van der Waals surface area contributed by atoms with Crippen LogP contribution in [-0.4, -0.2) is 99.7 Å². The highest BCUT2D eigenvalue weighted by Gasteiger charge is 1.99. The lowest BCUT2D eigenvalue weighted by atomic mass is 10.4. The summed E-state index contributed by atoms with van der Waals surface area (Å²) in [6, 6.07) is 0. The summed E-state index contributed by atoms with van der Waals surface area (Å²) in [7, 11) is 3.77. The maximum absolute atomic E-state index is 4.60. The standard InChI is InChI=1S/2C6H9NS.2C5H9N3.4C4H6N2O.2C4H6N2S/c2*1-4-5(2)8-6(3)7-4;2*1-4-5(2)8(3)7-6-4;2*1-3-5-4(2)7-6-3;2*1-3-4(2)7-6-5-3;2*1-3-5-4(2)7-6-3/h4*1-3H3;6*1-2H3. The van der Waals surface area contributed by atoms with Crippen molar-refractivity contribution in [3.05, 3.63) is 122 Å². The topological polar surface area (TPSA) is 294 Å². The number of aromatic nitrogens is 20. The lowest BCUT2D eigenvalue weighted by molar-refractivity contribution is 0.373. The Morgan fingerprint density at radius 2 is 0.676 bits per heavy atom. The molecule has 0 aromatic carbocycles. The third-order valence-electron chi connectivity index (χ3n) is 9.22. The van der Waals surface area contributed by atoms with Crippen molar-refractivity contribution in [3.63, 3.8) is 0 Å². The van der Waals surface area contributed by atoms with Gasteiger partial charge in [0.1, 0.15) is 33.1 Å². The summed E-state index contributed by atoms with van der Waals surface area (Å²) >= 11 is 6.40. The maximum atomic E-state index is 4.60. The molecule has 404 valence electrons. The zero-order valence-corrected chi connectivity index (χ0v) is 50.5. The lowest BCUT2D eigenvalue weighted by Crippen LogP contribution is -1.92. The fourth-order valence-electron chi connectivity index (χ4n) is 4.44. The van der Waals surface area contributed by atoms with E-state index in [-0.39, 0.29) is 0 Å². The summed E-state index contributed by atoms with van der Waals surface area (Å²) in [5.74, 6) is 5.97. The third kappa shape index (κ3) is 27.3. The molecular formula is C46H72N20O4S4. The van der Waals surface area contributed by atoms with Crippen LogP contribution in [0.3, 0.4) is 0 Å². The molecule has 0 saturated heterocycles. The zero-order valence-electron chi connectivity index (χ0n) is 47.2. The van der Waals surface area contributed by atoms with Crippen LogP contribution in [0.25, 0.3) is 0 Å². The van der Waals surface area contributed by atoms with Gasteiger partial charge in [0.25, 0.3) is 0 Å². The molecule has 10 rings (SSSR count). The minimum absolute atomic E-state index is 0.623. The Morgan fingerprint density at radius 3 is 0.743 bits per heavy atom. The van der Waals surface area contributed by atoms with Crippen LogP contribution in [0.15, 0.2) is 18.1 Å². The SMILES string of the molecule is Cc1nc(C)c(C)s1.Cc1nc(C)c(C)s1.Cc1nnn(C)c1C.Cc1nnn(C)c1C.Cc1nnoc1C.Cc1nnoc1C.Cc1noc(C)n1.Cc1noc(C)n1.Cc1nsc(C)n1.Cc1nsc(C)n1. The fraction of sp³-hybridized carbons (Fsp3) is 0.522. The van der Waals surface area contributed by atoms with Gasteiger partial charge in [-0.2, -0.15) is 18.7 Å². The molecule has 24 nitrogen and oxygen atoms in total. The minimum atomic E-state index is 0.623. The number of thiazole rings is 2. The molecule has 0 bridgehead atoms.